The van der Waals surface area contributed by atoms with E-state index in [1.807, 2.05) is 29.8 Å². The van der Waals surface area contributed by atoms with E-state index in [-0.39, 0.29) is 0 Å². The molecule has 0 amide bonds. The van der Waals surface area contributed by atoms with Gasteiger partial charge >= 0.3 is 0 Å². The normalized spacial score (nSPS) is 10.6. The summed E-state index contributed by atoms with van der Waals surface area (Å²) in [7, 11) is 0. The Morgan fingerprint density at radius 2 is 2.21 bits per heavy atom. The maximum Gasteiger partial charge on any atom is 0.112 e. The number of nitrogens with one attached hydrogen (secondary N) is 1. The molecule has 0 aliphatic rings. The molecule has 0 fully saturated rings. The van der Waals surface area contributed by atoms with Crippen LogP contribution in [0.1, 0.15) is 10.7 Å². The van der Waals surface area contributed by atoms with Gasteiger partial charge in [-0.05, 0) is 19.1 Å². The molecule has 96 valence electrons. The highest BCUT2D eigenvalue weighted by Crippen LogP contribution is 2.20. The fourth-order valence-electron chi connectivity index (χ4n) is 1.90. The van der Waals surface area contributed by atoms with Gasteiger partial charge in [0.25, 0.3) is 0 Å². The van der Waals surface area contributed by atoms with Gasteiger partial charge in [-0.2, -0.15) is 0 Å². The van der Waals surface area contributed by atoms with Crippen molar-refractivity contribution < 1.29 is 0 Å². The van der Waals surface area contributed by atoms with E-state index in [9.17, 15) is 0 Å². The van der Waals surface area contributed by atoms with Gasteiger partial charge in [-0.15, -0.1) is 11.3 Å². The molecule has 0 atom stereocenters. The molecule has 0 radical (unpaired) electrons. The summed E-state index contributed by atoms with van der Waals surface area (Å²) < 4.78 is 2.00. The van der Waals surface area contributed by atoms with Crippen LogP contribution in [0.25, 0.3) is 5.69 Å². The maximum absolute atomic E-state index is 4.46. The highest BCUT2D eigenvalue weighted by atomic mass is 32.1. The van der Waals surface area contributed by atoms with Crippen molar-refractivity contribution in [1.82, 2.24) is 14.5 Å². The van der Waals surface area contributed by atoms with Crippen LogP contribution in [0, 0.1) is 6.92 Å². The minimum atomic E-state index is 0.740. The Bertz CT molecular complexity index is 658. The van der Waals surface area contributed by atoms with Crippen LogP contribution in [0.15, 0.2) is 48.4 Å². The Hall–Kier alpha value is -2.14. The summed E-state index contributed by atoms with van der Waals surface area (Å²) in [5.41, 5.74) is 3.24. The van der Waals surface area contributed by atoms with Gasteiger partial charge in [0, 0.05) is 23.5 Å². The van der Waals surface area contributed by atoms with Gasteiger partial charge in [0.2, 0.25) is 0 Å². The zero-order valence-electron chi connectivity index (χ0n) is 10.6. The molecule has 0 bridgehead atoms. The minimum Gasteiger partial charge on any atom is -0.377 e. The van der Waals surface area contributed by atoms with Crippen molar-refractivity contribution in [3.63, 3.8) is 0 Å². The summed E-state index contributed by atoms with van der Waals surface area (Å²) in [6.07, 6.45) is 5.52. The lowest BCUT2D eigenvalue weighted by Gasteiger charge is -2.11. The van der Waals surface area contributed by atoms with E-state index >= 15 is 0 Å². The second-order valence-electron chi connectivity index (χ2n) is 4.22. The number of nitrogens with zero attached hydrogens (tertiary/aromatic N) is 3. The number of thiazole rings is 1. The van der Waals surface area contributed by atoms with Gasteiger partial charge in [-0.1, -0.05) is 12.1 Å². The van der Waals surface area contributed by atoms with E-state index in [1.165, 1.54) is 0 Å². The molecule has 3 aromatic rings. The number of aryl methyl sites for hydroxylation is 1. The number of rotatable bonds is 4. The molecule has 19 heavy (non-hydrogen) atoms. The summed E-state index contributed by atoms with van der Waals surface area (Å²) in [5.74, 6) is 0. The molecule has 0 aliphatic carbocycles. The van der Waals surface area contributed by atoms with E-state index in [0.29, 0.717) is 0 Å². The molecule has 0 aliphatic heterocycles. The standard InChI is InChI=1S/C14H14N4S/c1-11-9-19-14(17-11)8-16-12-4-2-3-5-13(12)18-7-6-15-10-18/h2-7,9-10,16H,8H2,1H3. The largest absolute Gasteiger partial charge is 0.377 e. The van der Waals surface area contributed by atoms with E-state index in [4.69, 9.17) is 0 Å². The Morgan fingerprint density at radius 1 is 1.32 bits per heavy atom. The second kappa shape index (κ2) is 5.24. The van der Waals surface area contributed by atoms with Gasteiger partial charge < -0.3 is 9.88 Å². The van der Waals surface area contributed by atoms with Gasteiger partial charge in [-0.25, -0.2) is 9.97 Å². The van der Waals surface area contributed by atoms with E-state index in [1.54, 1.807) is 23.9 Å². The minimum absolute atomic E-state index is 0.740. The number of imidazole rings is 1. The van der Waals surface area contributed by atoms with Crippen LogP contribution < -0.4 is 5.32 Å². The molecule has 3 rings (SSSR count). The quantitative estimate of drug-likeness (QED) is 0.791. The molecular weight excluding hydrogens is 256 g/mol. The highest BCUT2D eigenvalue weighted by Gasteiger charge is 2.04. The van der Waals surface area contributed by atoms with Crippen LogP contribution in [-0.2, 0) is 6.54 Å². The molecule has 5 heteroatoms. The second-order valence-corrected chi connectivity index (χ2v) is 5.17. The Kier molecular flexibility index (Phi) is 3.29. The summed E-state index contributed by atoms with van der Waals surface area (Å²) in [6.45, 7) is 2.75. The van der Waals surface area contributed by atoms with Crippen molar-refractivity contribution >= 4 is 17.0 Å². The molecule has 2 heterocycles. The third-order valence-electron chi connectivity index (χ3n) is 2.78. The molecule has 0 unspecified atom stereocenters. The number of aromatic nitrogens is 3. The lowest BCUT2D eigenvalue weighted by Crippen LogP contribution is -2.03. The van der Waals surface area contributed by atoms with Gasteiger partial charge in [0.1, 0.15) is 5.01 Å². The molecule has 1 aromatic carbocycles. The van der Waals surface area contributed by atoms with Crippen LogP contribution in [0.2, 0.25) is 0 Å². The fraction of sp³-hybridized carbons (Fsp3) is 0.143. The van der Waals surface area contributed by atoms with E-state index < -0.39 is 0 Å². The third-order valence-corrected chi connectivity index (χ3v) is 3.75. The van der Waals surface area contributed by atoms with E-state index in [0.717, 1.165) is 28.6 Å². The zero-order valence-corrected chi connectivity index (χ0v) is 11.4. The summed E-state index contributed by atoms with van der Waals surface area (Å²) in [4.78, 5) is 8.54. The van der Waals surface area contributed by atoms with Crippen molar-refractivity contribution in [3.05, 3.63) is 59.1 Å². The third kappa shape index (κ3) is 2.66. The first kappa shape index (κ1) is 11.9. The monoisotopic (exact) mass is 270 g/mol. The molecule has 0 saturated carbocycles. The first-order valence-electron chi connectivity index (χ1n) is 6.05. The average Bonchev–Trinajstić information content (AvgIpc) is 3.08. The van der Waals surface area contributed by atoms with Crippen molar-refractivity contribution in [1.29, 1.82) is 0 Å². The van der Waals surface area contributed by atoms with Crippen molar-refractivity contribution in [2.24, 2.45) is 0 Å². The highest BCUT2D eigenvalue weighted by molar-refractivity contribution is 7.09. The number of hydrogen-bond acceptors (Lipinski definition) is 4. The number of anilines is 1. The number of para-hydroxylation sites is 2. The molecule has 0 spiro atoms. The smallest absolute Gasteiger partial charge is 0.112 e. The maximum atomic E-state index is 4.46. The fourth-order valence-corrected chi connectivity index (χ4v) is 2.62. The van der Waals surface area contributed by atoms with E-state index in [2.05, 4.69) is 32.8 Å². The Labute approximate surface area is 115 Å². The Morgan fingerprint density at radius 3 is 2.95 bits per heavy atom. The molecule has 4 nitrogen and oxygen atoms in total. The lowest BCUT2D eigenvalue weighted by atomic mass is 10.2. The molecule has 2 aromatic heterocycles. The molecule has 0 saturated heterocycles. The van der Waals surface area contributed by atoms with Gasteiger partial charge in [0.15, 0.2) is 0 Å². The van der Waals surface area contributed by atoms with Crippen LogP contribution in [-0.4, -0.2) is 14.5 Å². The van der Waals surface area contributed by atoms with Crippen LogP contribution in [0.4, 0.5) is 5.69 Å². The predicted molar refractivity (Wildman–Crippen MR) is 77.7 cm³/mol. The topological polar surface area (TPSA) is 42.7 Å². The average molecular weight is 270 g/mol. The van der Waals surface area contributed by atoms with Gasteiger partial charge in [-0.3, -0.25) is 0 Å². The first-order chi connectivity index (χ1) is 9.33. The summed E-state index contributed by atoms with van der Waals surface area (Å²) in [5, 5.41) is 6.59. The zero-order chi connectivity index (χ0) is 13.1. The van der Waals surface area contributed by atoms with Crippen molar-refractivity contribution in [3.8, 4) is 5.69 Å². The summed E-state index contributed by atoms with van der Waals surface area (Å²) in [6, 6.07) is 8.18. The van der Waals surface area contributed by atoms with Crippen molar-refractivity contribution in [2.45, 2.75) is 13.5 Å². The molecule has 1 N–H and O–H groups in total. The number of benzene rings is 1. The van der Waals surface area contributed by atoms with Crippen LogP contribution in [0.3, 0.4) is 0 Å². The van der Waals surface area contributed by atoms with Crippen LogP contribution in [0.5, 0.6) is 0 Å². The summed E-state index contributed by atoms with van der Waals surface area (Å²) >= 11 is 1.68. The van der Waals surface area contributed by atoms with Crippen LogP contribution >= 0.6 is 11.3 Å². The predicted octanol–water partition coefficient (Wildman–Crippen LogP) is 3.25. The van der Waals surface area contributed by atoms with Crippen molar-refractivity contribution in [2.75, 3.05) is 5.32 Å². The lowest BCUT2D eigenvalue weighted by molar-refractivity contribution is 1.03. The Balaban J connectivity index is 1.81. The first-order valence-corrected chi connectivity index (χ1v) is 6.93. The van der Waals surface area contributed by atoms with Gasteiger partial charge in [0.05, 0.1) is 24.2 Å². The SMILES string of the molecule is Cc1csc(CNc2ccccc2-n2ccnc2)n1. The number of hydrogen-bond donors (Lipinski definition) is 1. The molecular formula is C14H14N4S.